The molecule has 0 aliphatic carbocycles. The maximum absolute atomic E-state index is 12.3. The summed E-state index contributed by atoms with van der Waals surface area (Å²) in [6.45, 7) is 1.91. The number of rotatable bonds is 5. The standard InChI is InChI=1S/C14H18N2O4S/c15-9-12-1-3-14(4-2-12)21(18,19)8-6-16-5-7-20-11-13(16)10-17/h1-4,13,17H,5-8,10-11H2. The number of aliphatic hydroxyl groups excluding tert-OH is 1. The van der Waals surface area contributed by atoms with Crippen molar-refractivity contribution in [3.8, 4) is 6.07 Å². The molecule has 0 saturated carbocycles. The average molecular weight is 310 g/mol. The van der Waals surface area contributed by atoms with Gasteiger partial charge in [-0.2, -0.15) is 5.26 Å². The first-order valence-corrected chi connectivity index (χ1v) is 8.37. The number of ether oxygens (including phenoxy) is 1. The van der Waals surface area contributed by atoms with Crippen molar-refractivity contribution in [2.24, 2.45) is 0 Å². The molecule has 1 fully saturated rings. The summed E-state index contributed by atoms with van der Waals surface area (Å²) < 4.78 is 29.8. The minimum absolute atomic E-state index is 0.0185. The van der Waals surface area contributed by atoms with Crippen LogP contribution in [0.25, 0.3) is 0 Å². The first-order chi connectivity index (χ1) is 10.1. The Balaban J connectivity index is 2.01. The zero-order chi connectivity index (χ0) is 15.3. The van der Waals surface area contributed by atoms with Gasteiger partial charge in [-0.25, -0.2) is 8.42 Å². The predicted octanol–water partition coefficient (Wildman–Crippen LogP) is 0.0251. The Bertz CT molecular complexity index is 607. The van der Waals surface area contributed by atoms with E-state index in [-0.39, 0.29) is 23.3 Å². The van der Waals surface area contributed by atoms with Gasteiger partial charge in [0.25, 0.3) is 0 Å². The Morgan fingerprint density at radius 2 is 2.10 bits per heavy atom. The van der Waals surface area contributed by atoms with Crippen LogP contribution in [0.4, 0.5) is 0 Å². The smallest absolute Gasteiger partial charge is 0.179 e. The summed E-state index contributed by atoms with van der Waals surface area (Å²) in [6.07, 6.45) is 0. The van der Waals surface area contributed by atoms with Crippen LogP contribution in [0.1, 0.15) is 5.56 Å². The zero-order valence-corrected chi connectivity index (χ0v) is 12.4. The lowest BCUT2D eigenvalue weighted by molar-refractivity contribution is -0.0245. The molecule has 0 radical (unpaired) electrons. The van der Waals surface area contributed by atoms with Crippen molar-refractivity contribution in [1.82, 2.24) is 4.90 Å². The van der Waals surface area contributed by atoms with Crippen molar-refractivity contribution >= 4 is 9.84 Å². The van der Waals surface area contributed by atoms with Crippen LogP contribution in [0, 0.1) is 11.3 Å². The highest BCUT2D eigenvalue weighted by Gasteiger charge is 2.24. The van der Waals surface area contributed by atoms with Crippen molar-refractivity contribution in [3.63, 3.8) is 0 Å². The molecule has 6 nitrogen and oxygen atoms in total. The number of benzene rings is 1. The van der Waals surface area contributed by atoms with E-state index in [9.17, 15) is 13.5 Å². The van der Waals surface area contributed by atoms with Gasteiger partial charge in [-0.15, -0.1) is 0 Å². The Labute approximate surface area is 124 Å². The lowest BCUT2D eigenvalue weighted by atomic mass is 10.2. The highest BCUT2D eigenvalue weighted by molar-refractivity contribution is 7.91. The number of hydrogen-bond donors (Lipinski definition) is 1. The van der Waals surface area contributed by atoms with Crippen LogP contribution in [0.15, 0.2) is 29.2 Å². The number of aliphatic hydroxyl groups is 1. The number of nitrogens with zero attached hydrogens (tertiary/aromatic N) is 2. The highest BCUT2D eigenvalue weighted by Crippen LogP contribution is 2.14. The molecule has 1 heterocycles. The molecule has 1 aliphatic heterocycles. The number of sulfone groups is 1. The van der Waals surface area contributed by atoms with Crippen LogP contribution in [-0.4, -0.2) is 63.1 Å². The second-order valence-corrected chi connectivity index (χ2v) is 7.01. The van der Waals surface area contributed by atoms with Gasteiger partial charge < -0.3 is 9.84 Å². The van der Waals surface area contributed by atoms with Crippen LogP contribution >= 0.6 is 0 Å². The monoisotopic (exact) mass is 310 g/mol. The van der Waals surface area contributed by atoms with Crippen LogP contribution in [-0.2, 0) is 14.6 Å². The maximum Gasteiger partial charge on any atom is 0.179 e. The molecule has 1 aliphatic rings. The molecule has 0 aromatic heterocycles. The molecule has 1 atom stereocenters. The van der Waals surface area contributed by atoms with Gasteiger partial charge in [0.15, 0.2) is 9.84 Å². The summed E-state index contributed by atoms with van der Waals surface area (Å²) in [7, 11) is -3.39. The van der Waals surface area contributed by atoms with Crippen molar-refractivity contribution < 1.29 is 18.3 Å². The van der Waals surface area contributed by atoms with E-state index < -0.39 is 9.84 Å². The van der Waals surface area contributed by atoms with Gasteiger partial charge in [0.2, 0.25) is 0 Å². The van der Waals surface area contributed by atoms with E-state index in [4.69, 9.17) is 10.00 Å². The summed E-state index contributed by atoms with van der Waals surface area (Å²) in [5.74, 6) is -0.0185. The molecule has 21 heavy (non-hydrogen) atoms. The van der Waals surface area contributed by atoms with Crippen LogP contribution in [0.3, 0.4) is 0 Å². The summed E-state index contributed by atoms with van der Waals surface area (Å²) in [5.41, 5.74) is 0.433. The minimum atomic E-state index is -3.39. The van der Waals surface area contributed by atoms with Gasteiger partial charge in [-0.3, -0.25) is 4.90 Å². The second-order valence-electron chi connectivity index (χ2n) is 4.90. The Morgan fingerprint density at radius 1 is 1.38 bits per heavy atom. The molecular weight excluding hydrogens is 292 g/mol. The molecule has 7 heteroatoms. The Hall–Kier alpha value is -1.46. The minimum Gasteiger partial charge on any atom is -0.395 e. The molecule has 1 saturated heterocycles. The third kappa shape index (κ3) is 4.02. The number of hydrogen-bond acceptors (Lipinski definition) is 6. The van der Waals surface area contributed by atoms with E-state index in [1.54, 1.807) is 0 Å². The topological polar surface area (TPSA) is 90.6 Å². The fourth-order valence-electron chi connectivity index (χ4n) is 2.24. The van der Waals surface area contributed by atoms with E-state index in [2.05, 4.69) is 0 Å². The van der Waals surface area contributed by atoms with Crippen LogP contribution in [0.5, 0.6) is 0 Å². The summed E-state index contributed by atoms with van der Waals surface area (Å²) in [4.78, 5) is 2.15. The van der Waals surface area contributed by atoms with Gasteiger partial charge in [0.1, 0.15) is 0 Å². The Morgan fingerprint density at radius 3 is 2.71 bits per heavy atom. The van der Waals surface area contributed by atoms with E-state index in [0.717, 1.165) is 0 Å². The highest BCUT2D eigenvalue weighted by atomic mass is 32.2. The molecular formula is C14H18N2O4S. The molecule has 1 N–H and O–H groups in total. The fourth-order valence-corrected chi connectivity index (χ4v) is 3.51. The molecule has 114 valence electrons. The lowest BCUT2D eigenvalue weighted by Crippen LogP contribution is -2.49. The SMILES string of the molecule is N#Cc1ccc(S(=O)(=O)CCN2CCOCC2CO)cc1. The quantitative estimate of drug-likeness (QED) is 0.825. The van der Waals surface area contributed by atoms with Gasteiger partial charge in [0, 0.05) is 13.1 Å². The van der Waals surface area contributed by atoms with Crippen molar-refractivity contribution in [2.45, 2.75) is 10.9 Å². The molecule has 1 aromatic rings. The van der Waals surface area contributed by atoms with Gasteiger partial charge in [-0.1, -0.05) is 0 Å². The van der Waals surface area contributed by atoms with E-state index in [1.807, 2.05) is 11.0 Å². The fraction of sp³-hybridized carbons (Fsp3) is 0.500. The molecule has 1 unspecified atom stereocenters. The predicted molar refractivity (Wildman–Crippen MR) is 76.5 cm³/mol. The summed E-state index contributed by atoms with van der Waals surface area (Å²) in [6, 6.07) is 7.72. The zero-order valence-electron chi connectivity index (χ0n) is 11.6. The first kappa shape index (κ1) is 15.9. The molecule has 0 amide bonds. The van der Waals surface area contributed by atoms with Gasteiger partial charge in [-0.05, 0) is 24.3 Å². The van der Waals surface area contributed by atoms with Crippen molar-refractivity contribution in [1.29, 1.82) is 5.26 Å². The van der Waals surface area contributed by atoms with E-state index in [1.165, 1.54) is 24.3 Å². The average Bonchev–Trinajstić information content (AvgIpc) is 2.53. The van der Waals surface area contributed by atoms with E-state index >= 15 is 0 Å². The third-order valence-electron chi connectivity index (χ3n) is 3.55. The first-order valence-electron chi connectivity index (χ1n) is 6.72. The third-order valence-corrected chi connectivity index (χ3v) is 5.26. The Kier molecular flexibility index (Phi) is 5.31. The molecule has 0 spiro atoms. The molecule has 1 aromatic carbocycles. The molecule has 0 bridgehead atoms. The number of morpholine rings is 1. The lowest BCUT2D eigenvalue weighted by Gasteiger charge is -2.34. The summed E-state index contributed by atoms with van der Waals surface area (Å²) in [5, 5.41) is 18.0. The van der Waals surface area contributed by atoms with Crippen molar-refractivity contribution in [3.05, 3.63) is 29.8 Å². The van der Waals surface area contributed by atoms with Crippen LogP contribution in [0.2, 0.25) is 0 Å². The number of nitriles is 1. The van der Waals surface area contributed by atoms with Crippen molar-refractivity contribution in [2.75, 3.05) is 38.7 Å². The summed E-state index contributed by atoms with van der Waals surface area (Å²) >= 11 is 0. The van der Waals surface area contributed by atoms with Crippen LogP contribution < -0.4 is 0 Å². The normalized spacial score (nSPS) is 20.1. The largest absolute Gasteiger partial charge is 0.395 e. The maximum atomic E-state index is 12.3. The van der Waals surface area contributed by atoms with Gasteiger partial charge in [0.05, 0.1) is 48.1 Å². The van der Waals surface area contributed by atoms with E-state index in [0.29, 0.717) is 31.9 Å². The molecule has 2 rings (SSSR count). The second kappa shape index (κ2) is 7.00. The van der Waals surface area contributed by atoms with Gasteiger partial charge >= 0.3 is 0 Å².